The zero-order valence-corrected chi connectivity index (χ0v) is 14.2. The van der Waals surface area contributed by atoms with Gasteiger partial charge in [-0.05, 0) is 12.1 Å². The number of carbonyl (C=O) groups excluding carboxylic acids is 1. The molecular weight excluding hydrogens is 332 g/mol. The molecule has 2 heterocycles. The van der Waals surface area contributed by atoms with E-state index < -0.39 is 10.2 Å². The normalized spacial score (nSPS) is 20.9. The highest BCUT2D eigenvalue weighted by Crippen LogP contribution is 2.18. The number of nitrogen functional groups attached to an aromatic ring is 1. The first-order chi connectivity index (χ1) is 11.5. The molecule has 2 saturated heterocycles. The van der Waals surface area contributed by atoms with E-state index in [1.165, 1.54) is 8.61 Å². The molecule has 0 spiro atoms. The van der Waals surface area contributed by atoms with Gasteiger partial charge in [-0.2, -0.15) is 17.0 Å². The SMILES string of the molecule is Nc1ccccc1C(=O)N1CCN(S(=O)(=O)N2CCOCC2)CC1. The van der Waals surface area contributed by atoms with Crippen molar-refractivity contribution >= 4 is 21.8 Å². The number of rotatable bonds is 3. The lowest BCUT2D eigenvalue weighted by molar-refractivity contribution is 0.0637. The van der Waals surface area contributed by atoms with E-state index in [9.17, 15) is 13.2 Å². The third kappa shape index (κ3) is 3.39. The molecule has 3 rings (SSSR count). The monoisotopic (exact) mass is 354 g/mol. The van der Waals surface area contributed by atoms with Gasteiger partial charge in [0, 0.05) is 45.0 Å². The molecule has 0 unspecified atom stereocenters. The molecule has 9 heteroatoms. The van der Waals surface area contributed by atoms with Crippen LogP contribution in [0.5, 0.6) is 0 Å². The quantitative estimate of drug-likeness (QED) is 0.746. The molecule has 2 aliphatic rings. The van der Waals surface area contributed by atoms with Crippen LogP contribution in [0, 0.1) is 0 Å². The number of hydrogen-bond acceptors (Lipinski definition) is 5. The lowest BCUT2D eigenvalue weighted by Crippen LogP contribution is -2.55. The second-order valence-corrected chi connectivity index (χ2v) is 7.73. The molecule has 2 fully saturated rings. The van der Waals surface area contributed by atoms with E-state index in [0.29, 0.717) is 50.6 Å². The number of hydrogen-bond donors (Lipinski definition) is 1. The summed E-state index contributed by atoms with van der Waals surface area (Å²) in [6, 6.07) is 6.92. The fourth-order valence-electron chi connectivity index (χ4n) is 2.92. The summed E-state index contributed by atoms with van der Waals surface area (Å²) in [5, 5.41) is 0. The van der Waals surface area contributed by atoms with Crippen LogP contribution in [-0.2, 0) is 14.9 Å². The Morgan fingerprint density at radius 1 is 0.958 bits per heavy atom. The number of para-hydroxylation sites is 1. The molecule has 8 nitrogen and oxygen atoms in total. The fraction of sp³-hybridized carbons (Fsp3) is 0.533. The van der Waals surface area contributed by atoms with E-state index in [1.54, 1.807) is 29.2 Å². The van der Waals surface area contributed by atoms with Gasteiger partial charge in [0.15, 0.2) is 0 Å². The molecule has 132 valence electrons. The first kappa shape index (κ1) is 17.2. The molecule has 0 aliphatic carbocycles. The minimum Gasteiger partial charge on any atom is -0.398 e. The topological polar surface area (TPSA) is 96.2 Å². The van der Waals surface area contributed by atoms with Crippen molar-refractivity contribution in [3.8, 4) is 0 Å². The highest BCUT2D eigenvalue weighted by atomic mass is 32.2. The molecule has 0 bridgehead atoms. The third-order valence-corrected chi connectivity index (χ3v) is 6.38. The summed E-state index contributed by atoms with van der Waals surface area (Å²) in [6.07, 6.45) is 0. The lowest BCUT2D eigenvalue weighted by atomic mass is 10.1. The van der Waals surface area contributed by atoms with Crippen LogP contribution in [0.15, 0.2) is 24.3 Å². The number of piperazine rings is 1. The van der Waals surface area contributed by atoms with Crippen LogP contribution in [0.1, 0.15) is 10.4 Å². The van der Waals surface area contributed by atoms with E-state index in [0.717, 1.165) is 0 Å². The second-order valence-electron chi connectivity index (χ2n) is 5.80. The van der Waals surface area contributed by atoms with Gasteiger partial charge in [0.05, 0.1) is 18.8 Å². The Labute approximate surface area is 141 Å². The van der Waals surface area contributed by atoms with Gasteiger partial charge < -0.3 is 15.4 Å². The van der Waals surface area contributed by atoms with Crippen LogP contribution in [0.4, 0.5) is 5.69 Å². The van der Waals surface area contributed by atoms with Crippen molar-refractivity contribution in [3.05, 3.63) is 29.8 Å². The van der Waals surface area contributed by atoms with Gasteiger partial charge in [-0.3, -0.25) is 4.79 Å². The molecule has 24 heavy (non-hydrogen) atoms. The predicted octanol–water partition coefficient (Wildman–Crippen LogP) is -0.396. The zero-order chi connectivity index (χ0) is 17.2. The number of anilines is 1. The number of carbonyl (C=O) groups is 1. The predicted molar refractivity (Wildman–Crippen MR) is 89.6 cm³/mol. The Hall–Kier alpha value is -1.68. The Bertz CT molecular complexity index is 695. The number of morpholine rings is 1. The van der Waals surface area contributed by atoms with Gasteiger partial charge in [-0.25, -0.2) is 0 Å². The van der Waals surface area contributed by atoms with Crippen molar-refractivity contribution in [1.82, 2.24) is 13.5 Å². The van der Waals surface area contributed by atoms with Crippen molar-refractivity contribution in [2.24, 2.45) is 0 Å². The standard InChI is InChI=1S/C15H22N4O4S/c16-14-4-2-1-3-13(14)15(20)17-5-7-18(8-6-17)24(21,22)19-9-11-23-12-10-19/h1-4H,5-12,16H2. The number of benzene rings is 1. The van der Waals surface area contributed by atoms with Crippen molar-refractivity contribution in [2.45, 2.75) is 0 Å². The molecule has 0 atom stereocenters. The van der Waals surface area contributed by atoms with Gasteiger partial charge in [-0.15, -0.1) is 0 Å². The molecule has 1 aromatic rings. The summed E-state index contributed by atoms with van der Waals surface area (Å²) in [4.78, 5) is 14.2. The Balaban J connectivity index is 1.63. The highest BCUT2D eigenvalue weighted by molar-refractivity contribution is 7.86. The molecule has 1 amide bonds. The van der Waals surface area contributed by atoms with Gasteiger partial charge in [-0.1, -0.05) is 12.1 Å². The van der Waals surface area contributed by atoms with Crippen molar-refractivity contribution in [1.29, 1.82) is 0 Å². The number of ether oxygens (including phenoxy) is 1. The van der Waals surface area contributed by atoms with Gasteiger partial charge in [0.1, 0.15) is 0 Å². The molecule has 0 radical (unpaired) electrons. The van der Waals surface area contributed by atoms with Crippen LogP contribution >= 0.6 is 0 Å². The van der Waals surface area contributed by atoms with Crippen molar-refractivity contribution in [3.63, 3.8) is 0 Å². The molecule has 0 saturated carbocycles. The Morgan fingerprint density at radius 3 is 2.17 bits per heavy atom. The van der Waals surface area contributed by atoms with Crippen LogP contribution in [0.3, 0.4) is 0 Å². The number of amides is 1. The van der Waals surface area contributed by atoms with E-state index in [4.69, 9.17) is 10.5 Å². The average molecular weight is 354 g/mol. The molecular formula is C15H22N4O4S. The molecule has 1 aromatic carbocycles. The largest absolute Gasteiger partial charge is 0.398 e. The molecule has 2 N–H and O–H groups in total. The zero-order valence-electron chi connectivity index (χ0n) is 13.4. The first-order valence-electron chi connectivity index (χ1n) is 7.97. The average Bonchev–Trinajstić information content (AvgIpc) is 2.62. The van der Waals surface area contributed by atoms with E-state index in [-0.39, 0.29) is 19.0 Å². The van der Waals surface area contributed by atoms with Crippen molar-refractivity contribution in [2.75, 3.05) is 58.2 Å². The van der Waals surface area contributed by atoms with E-state index in [2.05, 4.69) is 0 Å². The molecule has 0 aromatic heterocycles. The third-order valence-electron chi connectivity index (χ3n) is 4.34. The van der Waals surface area contributed by atoms with Gasteiger partial charge in [0.2, 0.25) is 0 Å². The molecule has 2 aliphatic heterocycles. The van der Waals surface area contributed by atoms with Crippen LogP contribution in [-0.4, -0.2) is 80.3 Å². The lowest BCUT2D eigenvalue weighted by Gasteiger charge is -2.37. The van der Waals surface area contributed by atoms with Gasteiger partial charge in [0.25, 0.3) is 16.1 Å². The summed E-state index contributed by atoms with van der Waals surface area (Å²) in [5.74, 6) is -0.156. The maximum absolute atomic E-state index is 12.6. The summed E-state index contributed by atoms with van der Waals surface area (Å²) in [5.41, 5.74) is 6.75. The summed E-state index contributed by atoms with van der Waals surface area (Å²) in [6.45, 7) is 2.89. The summed E-state index contributed by atoms with van der Waals surface area (Å²) in [7, 11) is -3.48. The number of nitrogens with two attached hydrogens (primary N) is 1. The van der Waals surface area contributed by atoms with Crippen LogP contribution in [0.2, 0.25) is 0 Å². The minimum atomic E-state index is -3.48. The first-order valence-corrected chi connectivity index (χ1v) is 9.36. The maximum atomic E-state index is 12.6. The summed E-state index contributed by atoms with van der Waals surface area (Å²) < 4.78 is 33.3. The van der Waals surface area contributed by atoms with Crippen LogP contribution in [0.25, 0.3) is 0 Å². The van der Waals surface area contributed by atoms with E-state index >= 15 is 0 Å². The highest BCUT2D eigenvalue weighted by Gasteiger charge is 2.34. The fourth-order valence-corrected chi connectivity index (χ4v) is 4.49. The smallest absolute Gasteiger partial charge is 0.282 e. The summed E-state index contributed by atoms with van der Waals surface area (Å²) >= 11 is 0. The van der Waals surface area contributed by atoms with Crippen LogP contribution < -0.4 is 5.73 Å². The van der Waals surface area contributed by atoms with Crippen molar-refractivity contribution < 1.29 is 17.9 Å². The van der Waals surface area contributed by atoms with Gasteiger partial charge >= 0.3 is 0 Å². The Kier molecular flexibility index (Phi) is 5.04. The number of nitrogens with zero attached hydrogens (tertiary/aromatic N) is 3. The minimum absolute atomic E-state index is 0.156. The maximum Gasteiger partial charge on any atom is 0.282 e. The Morgan fingerprint density at radius 2 is 1.54 bits per heavy atom. The van der Waals surface area contributed by atoms with E-state index in [1.807, 2.05) is 0 Å². The second kappa shape index (κ2) is 7.06.